The molecule has 0 atom stereocenters. The van der Waals surface area contributed by atoms with Crippen molar-refractivity contribution in [2.45, 2.75) is 25.7 Å². The molecule has 1 N–H and O–H groups in total. The van der Waals surface area contributed by atoms with Crippen LogP contribution >= 0.6 is 0 Å². The summed E-state index contributed by atoms with van der Waals surface area (Å²) in [5, 5.41) is 9.39. The number of amides is 1. The molecule has 1 saturated heterocycles. The van der Waals surface area contributed by atoms with Crippen molar-refractivity contribution in [3.8, 4) is 5.75 Å². The lowest BCUT2D eigenvalue weighted by Gasteiger charge is -2.31. The van der Waals surface area contributed by atoms with E-state index in [2.05, 4.69) is 0 Å². The highest BCUT2D eigenvalue weighted by Crippen LogP contribution is 2.27. The van der Waals surface area contributed by atoms with E-state index in [1.54, 1.807) is 17.9 Å². The predicted octanol–water partition coefficient (Wildman–Crippen LogP) is 2.09. The zero-order chi connectivity index (χ0) is 14.5. The van der Waals surface area contributed by atoms with Gasteiger partial charge in [-0.1, -0.05) is 12.1 Å². The lowest BCUT2D eigenvalue weighted by molar-refractivity contribution is 0.0971. The van der Waals surface area contributed by atoms with Gasteiger partial charge in [0.1, 0.15) is 0 Å². The SMILES string of the molecule is CCOC(=O)N1CCC(c2cccc(O)c(=O)c2)CC1. The maximum atomic E-state index is 11.6. The van der Waals surface area contributed by atoms with E-state index >= 15 is 0 Å². The molecule has 20 heavy (non-hydrogen) atoms. The van der Waals surface area contributed by atoms with E-state index in [9.17, 15) is 14.7 Å². The molecule has 1 heterocycles. The molecular formula is C15H19NO4. The molecule has 5 nitrogen and oxygen atoms in total. The fraction of sp³-hybridized carbons (Fsp3) is 0.467. The summed E-state index contributed by atoms with van der Waals surface area (Å²) >= 11 is 0. The summed E-state index contributed by atoms with van der Waals surface area (Å²) in [5.74, 6) is 0.000357. The third-order valence-corrected chi connectivity index (χ3v) is 3.59. The number of rotatable bonds is 2. The van der Waals surface area contributed by atoms with Crippen molar-refractivity contribution in [2.75, 3.05) is 19.7 Å². The van der Waals surface area contributed by atoms with Gasteiger partial charge in [0.25, 0.3) is 0 Å². The van der Waals surface area contributed by atoms with Gasteiger partial charge in [-0.2, -0.15) is 0 Å². The van der Waals surface area contributed by atoms with E-state index in [0.29, 0.717) is 19.7 Å². The Hall–Kier alpha value is -2.04. The summed E-state index contributed by atoms with van der Waals surface area (Å²) < 4.78 is 4.98. The lowest BCUT2D eigenvalue weighted by atomic mass is 9.90. The number of carbonyl (C=O) groups is 1. The Balaban J connectivity index is 2.04. The predicted molar refractivity (Wildman–Crippen MR) is 74.9 cm³/mol. The first-order valence-corrected chi connectivity index (χ1v) is 6.86. The normalized spacial score (nSPS) is 15.9. The van der Waals surface area contributed by atoms with E-state index in [-0.39, 0.29) is 23.2 Å². The Morgan fingerprint density at radius 2 is 2.10 bits per heavy atom. The number of carbonyl (C=O) groups excluding carboxylic acids is 1. The fourth-order valence-corrected chi connectivity index (χ4v) is 2.47. The Kier molecular flexibility index (Phi) is 4.61. The molecule has 1 aromatic carbocycles. The number of nitrogens with zero attached hydrogens (tertiary/aromatic N) is 1. The monoisotopic (exact) mass is 277 g/mol. The minimum absolute atomic E-state index is 0.236. The molecule has 5 heteroatoms. The maximum Gasteiger partial charge on any atom is 0.409 e. The van der Waals surface area contributed by atoms with Crippen molar-refractivity contribution < 1.29 is 14.6 Å². The van der Waals surface area contributed by atoms with Crippen LogP contribution in [0.25, 0.3) is 0 Å². The molecule has 108 valence electrons. The molecule has 0 radical (unpaired) electrons. The summed E-state index contributed by atoms with van der Waals surface area (Å²) in [6.07, 6.45) is 1.32. The third-order valence-electron chi connectivity index (χ3n) is 3.59. The van der Waals surface area contributed by atoms with Crippen LogP contribution in [0.5, 0.6) is 5.75 Å². The van der Waals surface area contributed by atoms with Gasteiger partial charge in [0.2, 0.25) is 5.43 Å². The molecule has 1 fully saturated rings. The molecule has 1 aliphatic rings. The largest absolute Gasteiger partial charge is 0.504 e. The van der Waals surface area contributed by atoms with Gasteiger partial charge >= 0.3 is 6.09 Å². The zero-order valence-electron chi connectivity index (χ0n) is 11.5. The van der Waals surface area contributed by atoms with Gasteiger partial charge in [-0.25, -0.2) is 4.79 Å². The highest BCUT2D eigenvalue weighted by atomic mass is 16.6. The minimum atomic E-state index is -0.363. The van der Waals surface area contributed by atoms with E-state index in [4.69, 9.17) is 4.74 Å². The van der Waals surface area contributed by atoms with Crippen LogP contribution in [0.15, 0.2) is 29.1 Å². The average Bonchev–Trinajstić information content (AvgIpc) is 2.62. The van der Waals surface area contributed by atoms with Crippen LogP contribution in [-0.4, -0.2) is 35.8 Å². The highest BCUT2D eigenvalue weighted by Gasteiger charge is 2.24. The van der Waals surface area contributed by atoms with Crippen LogP contribution in [0.1, 0.15) is 31.2 Å². The van der Waals surface area contributed by atoms with Gasteiger partial charge in [0.15, 0.2) is 5.75 Å². The van der Waals surface area contributed by atoms with Crippen molar-refractivity contribution in [2.24, 2.45) is 0 Å². The topological polar surface area (TPSA) is 66.8 Å². The summed E-state index contributed by atoms with van der Waals surface area (Å²) in [6, 6.07) is 6.43. The quantitative estimate of drug-likeness (QED) is 0.898. The smallest absolute Gasteiger partial charge is 0.409 e. The summed E-state index contributed by atoms with van der Waals surface area (Å²) in [5.41, 5.74) is 0.552. The molecule has 0 spiro atoms. The first-order chi connectivity index (χ1) is 9.61. The number of likely N-dealkylation sites (tertiary alicyclic amines) is 1. The molecule has 0 unspecified atom stereocenters. The molecule has 0 aromatic heterocycles. The fourth-order valence-electron chi connectivity index (χ4n) is 2.47. The first-order valence-electron chi connectivity index (χ1n) is 6.86. The Morgan fingerprint density at radius 1 is 1.40 bits per heavy atom. The number of aromatic hydroxyl groups is 1. The standard InChI is InChI=1S/C15H19NO4/c1-2-20-15(19)16-8-6-11(7-9-16)12-4-3-5-13(17)14(18)10-12/h3-5,10-11H,2,6-9H2,1H3,(H,17,18). The van der Waals surface area contributed by atoms with Crippen molar-refractivity contribution in [3.05, 3.63) is 40.1 Å². The van der Waals surface area contributed by atoms with Crippen LogP contribution in [0.2, 0.25) is 0 Å². The van der Waals surface area contributed by atoms with Crippen molar-refractivity contribution in [3.63, 3.8) is 0 Å². The Bertz CT molecular complexity index is 536. The number of ether oxygens (including phenoxy) is 1. The Morgan fingerprint density at radius 3 is 2.75 bits per heavy atom. The highest BCUT2D eigenvalue weighted by molar-refractivity contribution is 5.67. The molecule has 0 aliphatic carbocycles. The zero-order valence-corrected chi connectivity index (χ0v) is 11.5. The van der Waals surface area contributed by atoms with Gasteiger partial charge < -0.3 is 14.7 Å². The maximum absolute atomic E-state index is 11.6. The molecule has 1 aromatic rings. The van der Waals surface area contributed by atoms with Gasteiger partial charge in [-0.3, -0.25) is 4.79 Å². The average molecular weight is 277 g/mol. The summed E-state index contributed by atoms with van der Waals surface area (Å²) in [6.45, 7) is 3.42. The first kappa shape index (κ1) is 14.4. The second-order valence-corrected chi connectivity index (χ2v) is 4.88. The van der Waals surface area contributed by atoms with Gasteiger partial charge in [-0.15, -0.1) is 0 Å². The van der Waals surface area contributed by atoms with Gasteiger partial charge in [-0.05, 0) is 43.4 Å². The van der Waals surface area contributed by atoms with E-state index in [1.165, 1.54) is 12.1 Å². The third kappa shape index (κ3) is 3.29. The Labute approximate surface area is 117 Å². The molecule has 2 rings (SSSR count). The number of hydrogen-bond acceptors (Lipinski definition) is 4. The lowest BCUT2D eigenvalue weighted by Crippen LogP contribution is -2.38. The molecule has 1 aliphatic heterocycles. The van der Waals surface area contributed by atoms with Crippen LogP contribution in [0.3, 0.4) is 0 Å². The van der Waals surface area contributed by atoms with Crippen LogP contribution in [0, 0.1) is 0 Å². The minimum Gasteiger partial charge on any atom is -0.504 e. The second-order valence-electron chi connectivity index (χ2n) is 4.88. The summed E-state index contributed by atoms with van der Waals surface area (Å²) in [4.78, 5) is 24.9. The molecule has 1 amide bonds. The number of hydrogen-bond donors (Lipinski definition) is 1. The molecular weight excluding hydrogens is 258 g/mol. The van der Waals surface area contributed by atoms with Crippen molar-refractivity contribution in [1.29, 1.82) is 0 Å². The van der Waals surface area contributed by atoms with Crippen LogP contribution in [-0.2, 0) is 4.74 Å². The molecule has 0 saturated carbocycles. The van der Waals surface area contributed by atoms with Gasteiger partial charge in [0.05, 0.1) is 6.61 Å². The van der Waals surface area contributed by atoms with Gasteiger partial charge in [0, 0.05) is 13.1 Å². The van der Waals surface area contributed by atoms with E-state index < -0.39 is 0 Å². The van der Waals surface area contributed by atoms with Crippen molar-refractivity contribution >= 4 is 6.09 Å². The second kappa shape index (κ2) is 6.41. The number of piperidine rings is 1. The van der Waals surface area contributed by atoms with E-state index in [1.807, 2.05) is 6.07 Å². The van der Waals surface area contributed by atoms with E-state index in [0.717, 1.165) is 18.4 Å². The van der Waals surface area contributed by atoms with Crippen LogP contribution < -0.4 is 5.43 Å². The van der Waals surface area contributed by atoms with Crippen molar-refractivity contribution in [1.82, 2.24) is 4.90 Å². The van der Waals surface area contributed by atoms with Crippen LogP contribution in [0.4, 0.5) is 4.79 Å². The molecule has 0 bridgehead atoms. The summed E-state index contributed by atoms with van der Waals surface area (Å²) in [7, 11) is 0.